The van der Waals surface area contributed by atoms with E-state index in [1.165, 1.54) is 13.2 Å². The number of carbonyl (C=O) groups excluding carboxylic acids is 1. The highest BCUT2D eigenvalue weighted by molar-refractivity contribution is 6.48. The Morgan fingerprint density at radius 2 is 2.30 bits per heavy atom. The topological polar surface area (TPSA) is 108 Å². The number of methoxy groups -OCH3 is 1. The second-order valence-electron chi connectivity index (χ2n) is 4.84. The summed E-state index contributed by atoms with van der Waals surface area (Å²) in [6.45, 7) is 0. The first-order chi connectivity index (χ1) is 9.51. The van der Waals surface area contributed by atoms with Crippen molar-refractivity contribution in [3.63, 3.8) is 0 Å². The highest BCUT2D eigenvalue weighted by atomic mass is 35.5. The summed E-state index contributed by atoms with van der Waals surface area (Å²) in [5.74, 6) is -0.837. The summed E-state index contributed by atoms with van der Waals surface area (Å²) < 4.78 is 9.82. The molecule has 20 heavy (non-hydrogen) atoms. The molecule has 0 unspecified atom stereocenters. The second kappa shape index (κ2) is 4.35. The van der Waals surface area contributed by atoms with Crippen LogP contribution >= 0.6 is 11.6 Å². The molecule has 0 N–H and O–H groups in total. The lowest BCUT2D eigenvalue weighted by atomic mass is 9.66. The largest absolute Gasteiger partial charge is 0.373 e. The zero-order chi connectivity index (χ0) is 14.5. The van der Waals surface area contributed by atoms with Crippen molar-refractivity contribution in [3.8, 4) is 0 Å². The van der Waals surface area contributed by atoms with E-state index in [-0.39, 0.29) is 35.0 Å². The van der Waals surface area contributed by atoms with Gasteiger partial charge in [-0.2, -0.15) is 0 Å². The molecule has 0 aromatic carbocycles. The molecule has 9 heteroatoms. The molecule has 3 atom stereocenters. The summed E-state index contributed by atoms with van der Waals surface area (Å²) in [4.78, 5) is 23.1. The molecule has 1 heterocycles. The van der Waals surface area contributed by atoms with Gasteiger partial charge in [0.25, 0.3) is 0 Å². The molecule has 0 radical (unpaired) electrons. The molecular weight excluding hydrogens is 290 g/mol. The van der Waals surface area contributed by atoms with Gasteiger partial charge >= 0.3 is 5.54 Å². The summed E-state index contributed by atoms with van der Waals surface area (Å²) in [5.41, 5.74) is -1.52. The Kier molecular flexibility index (Phi) is 2.87. The van der Waals surface area contributed by atoms with Gasteiger partial charge in [0.2, 0.25) is 0 Å². The van der Waals surface area contributed by atoms with E-state index in [0.717, 1.165) is 0 Å². The van der Waals surface area contributed by atoms with E-state index in [0.29, 0.717) is 0 Å². The van der Waals surface area contributed by atoms with E-state index < -0.39 is 22.5 Å². The van der Waals surface area contributed by atoms with Gasteiger partial charge in [-0.15, -0.1) is 0 Å². The number of fused-ring (bicyclic) bond motifs is 3. The van der Waals surface area contributed by atoms with Gasteiger partial charge in [-0.1, -0.05) is 17.7 Å². The van der Waals surface area contributed by atoms with Crippen molar-refractivity contribution in [1.29, 1.82) is 0 Å². The van der Waals surface area contributed by atoms with Crippen LogP contribution in [0.5, 0.6) is 0 Å². The number of ketones is 1. The van der Waals surface area contributed by atoms with Crippen molar-refractivity contribution in [1.82, 2.24) is 10.3 Å². The number of ether oxygens (including phenoxy) is 1. The third kappa shape index (κ3) is 1.49. The monoisotopic (exact) mass is 299 g/mol. The highest BCUT2D eigenvalue weighted by Crippen LogP contribution is 2.50. The maximum Gasteiger partial charge on any atom is 0.301 e. The number of halogens is 1. The average molecular weight is 300 g/mol. The maximum absolute atomic E-state index is 11.8. The van der Waals surface area contributed by atoms with Crippen LogP contribution in [0.1, 0.15) is 24.2 Å². The number of rotatable bonds is 2. The molecule has 2 aliphatic rings. The Labute approximate surface area is 117 Å². The van der Waals surface area contributed by atoms with Gasteiger partial charge < -0.3 is 4.74 Å². The Balaban J connectivity index is 2.28. The van der Waals surface area contributed by atoms with Gasteiger partial charge in [0, 0.05) is 24.9 Å². The summed E-state index contributed by atoms with van der Waals surface area (Å²) >= 11 is 6.04. The van der Waals surface area contributed by atoms with E-state index in [1.54, 1.807) is 0 Å². The fourth-order valence-corrected chi connectivity index (χ4v) is 3.34. The molecule has 3 rings (SSSR count). The van der Waals surface area contributed by atoms with Gasteiger partial charge in [0.15, 0.2) is 11.4 Å². The van der Waals surface area contributed by atoms with Crippen molar-refractivity contribution in [2.45, 2.75) is 24.5 Å². The molecule has 1 aromatic rings. The summed E-state index contributed by atoms with van der Waals surface area (Å²) in [6.07, 6.45) is 0.505. The van der Waals surface area contributed by atoms with Crippen LogP contribution in [0.2, 0.25) is 0 Å². The van der Waals surface area contributed by atoms with Gasteiger partial charge in [0.1, 0.15) is 11.9 Å². The third-order valence-electron chi connectivity index (χ3n) is 3.95. The number of hydrogen-bond donors (Lipinski definition) is 0. The SMILES string of the molecule is CO[C@@H]1CC(=O)C[C@@H]2C=C(Cl)c3nonc3[C@@]21[N+](=O)[O-]. The Morgan fingerprint density at radius 3 is 2.95 bits per heavy atom. The molecule has 8 nitrogen and oxygen atoms in total. The Bertz CT molecular complexity index is 627. The van der Waals surface area contributed by atoms with E-state index >= 15 is 0 Å². The van der Waals surface area contributed by atoms with E-state index in [1.807, 2.05) is 0 Å². The standard InChI is InChI=1S/C11H10ClN3O5/c1-19-8-4-6(16)2-5-3-7(12)9-10(14-20-13-9)11(5,8)15(17)18/h3,5,8H,2,4H2,1H3/t5-,8-,11-/m1/s1. The number of nitrogens with zero attached hydrogens (tertiary/aromatic N) is 3. The lowest BCUT2D eigenvalue weighted by Gasteiger charge is -2.40. The van der Waals surface area contributed by atoms with E-state index in [4.69, 9.17) is 16.3 Å². The van der Waals surface area contributed by atoms with Crippen molar-refractivity contribution in [2.75, 3.05) is 7.11 Å². The number of aromatic nitrogens is 2. The van der Waals surface area contributed by atoms with E-state index in [2.05, 4.69) is 14.9 Å². The van der Waals surface area contributed by atoms with Crippen LogP contribution in [0.15, 0.2) is 10.7 Å². The van der Waals surface area contributed by atoms with Gasteiger partial charge in [-0.25, -0.2) is 4.63 Å². The fourth-order valence-electron chi connectivity index (χ4n) is 3.07. The van der Waals surface area contributed by atoms with Crippen LogP contribution in [0.4, 0.5) is 0 Å². The van der Waals surface area contributed by atoms with Gasteiger partial charge in [-0.05, 0) is 10.3 Å². The van der Waals surface area contributed by atoms with Crippen LogP contribution in [0.25, 0.3) is 5.03 Å². The molecule has 106 valence electrons. The quantitative estimate of drug-likeness (QED) is 0.594. The average Bonchev–Trinajstić information content (AvgIpc) is 2.87. The molecular formula is C11H10ClN3O5. The molecule has 1 saturated carbocycles. The fraction of sp³-hybridized carbons (Fsp3) is 0.545. The van der Waals surface area contributed by atoms with Crippen molar-refractivity contribution in [3.05, 3.63) is 27.6 Å². The zero-order valence-electron chi connectivity index (χ0n) is 10.4. The van der Waals surface area contributed by atoms with E-state index in [9.17, 15) is 14.9 Å². The van der Waals surface area contributed by atoms with Crippen LogP contribution < -0.4 is 0 Å². The second-order valence-corrected chi connectivity index (χ2v) is 5.24. The van der Waals surface area contributed by atoms with Gasteiger partial charge in [0.05, 0.1) is 11.0 Å². The first kappa shape index (κ1) is 13.2. The molecule has 1 aromatic heterocycles. The molecule has 1 fully saturated rings. The van der Waals surface area contributed by atoms with Crippen LogP contribution in [0.3, 0.4) is 0 Å². The smallest absolute Gasteiger partial charge is 0.301 e. The van der Waals surface area contributed by atoms with Crippen LogP contribution in [0, 0.1) is 16.0 Å². The molecule has 0 amide bonds. The minimum atomic E-state index is -1.68. The zero-order valence-corrected chi connectivity index (χ0v) is 11.2. The molecule has 0 spiro atoms. The van der Waals surface area contributed by atoms with Crippen molar-refractivity contribution >= 4 is 22.4 Å². The summed E-state index contributed by atoms with van der Waals surface area (Å²) in [6, 6.07) is 0. The normalized spacial score (nSPS) is 32.3. The molecule has 0 aliphatic heterocycles. The number of carbonyl (C=O) groups is 1. The van der Waals surface area contributed by atoms with Crippen molar-refractivity contribution < 1.29 is 19.1 Å². The van der Waals surface area contributed by atoms with Gasteiger partial charge in [-0.3, -0.25) is 14.9 Å². The first-order valence-electron chi connectivity index (χ1n) is 5.91. The van der Waals surface area contributed by atoms with Crippen LogP contribution in [-0.4, -0.2) is 34.2 Å². The molecule has 2 aliphatic carbocycles. The summed E-state index contributed by atoms with van der Waals surface area (Å²) in [5, 5.41) is 19.3. The first-order valence-corrected chi connectivity index (χ1v) is 6.29. The lowest BCUT2D eigenvalue weighted by Crippen LogP contribution is -2.58. The predicted molar refractivity (Wildman–Crippen MR) is 65.3 cm³/mol. The highest BCUT2D eigenvalue weighted by Gasteiger charge is 2.66. The van der Waals surface area contributed by atoms with Crippen molar-refractivity contribution in [2.24, 2.45) is 5.92 Å². The molecule has 0 bridgehead atoms. The number of hydrogen-bond acceptors (Lipinski definition) is 7. The number of nitro groups is 1. The Hall–Kier alpha value is -1.80. The summed E-state index contributed by atoms with van der Waals surface area (Å²) in [7, 11) is 1.33. The molecule has 0 saturated heterocycles. The minimum Gasteiger partial charge on any atom is -0.373 e. The predicted octanol–water partition coefficient (Wildman–Crippen LogP) is 1.13. The maximum atomic E-state index is 11.8. The third-order valence-corrected chi connectivity index (χ3v) is 4.25. The minimum absolute atomic E-state index is 0.0172. The van der Waals surface area contributed by atoms with Crippen LogP contribution in [-0.2, 0) is 15.1 Å². The Morgan fingerprint density at radius 1 is 1.55 bits per heavy atom. The lowest BCUT2D eigenvalue weighted by molar-refractivity contribution is -0.605. The number of Topliss-reactive ketones (excluding diaryl/α,β-unsaturated/α-hetero) is 1.